The van der Waals surface area contributed by atoms with Gasteiger partial charge in [0.05, 0.1) is 0 Å². The number of hydrogen-bond acceptors (Lipinski definition) is 2. The summed E-state index contributed by atoms with van der Waals surface area (Å²) in [6.45, 7) is 6.01. The fourth-order valence-electron chi connectivity index (χ4n) is 3.04. The molecule has 0 radical (unpaired) electrons. The topological polar surface area (TPSA) is 40.9 Å². The maximum absolute atomic E-state index is 13.6. The van der Waals surface area contributed by atoms with Crippen molar-refractivity contribution in [2.24, 2.45) is 0 Å². The van der Waals surface area contributed by atoms with E-state index in [9.17, 15) is 8.60 Å². The number of allylic oxidation sites excluding steroid dienone is 3. The van der Waals surface area contributed by atoms with Crippen LogP contribution in [0, 0.1) is 11.2 Å². The van der Waals surface area contributed by atoms with E-state index in [2.05, 4.69) is 6.08 Å². The highest BCUT2D eigenvalue weighted by Gasteiger charge is 2.23. The first-order valence-corrected chi connectivity index (χ1v) is 10.2. The lowest BCUT2D eigenvalue weighted by Crippen LogP contribution is -1.88. The van der Waals surface area contributed by atoms with Gasteiger partial charge in [-0.05, 0) is 76.9 Å². The van der Waals surface area contributed by atoms with Gasteiger partial charge in [0.1, 0.15) is 5.82 Å². The predicted octanol–water partition coefficient (Wildman–Crippen LogP) is 5.96. The first-order valence-electron chi connectivity index (χ1n) is 8.66. The Kier molecular flexibility index (Phi) is 6.81. The monoisotopic (exact) mass is 369 g/mol. The molecule has 2 aromatic carbocycles. The third-order valence-electron chi connectivity index (χ3n) is 4.28. The Labute approximate surface area is 157 Å². The summed E-state index contributed by atoms with van der Waals surface area (Å²) >= 11 is 0. The first kappa shape index (κ1) is 20.0. The Bertz CT molecular complexity index is 895. The van der Waals surface area contributed by atoms with Crippen LogP contribution >= 0.6 is 0 Å². The molecule has 3 rings (SSSR count). The third-order valence-corrected chi connectivity index (χ3v) is 5.22. The predicted molar refractivity (Wildman–Crippen MR) is 110 cm³/mol. The Morgan fingerprint density at radius 2 is 1.73 bits per heavy atom. The van der Waals surface area contributed by atoms with Crippen molar-refractivity contribution in [2.45, 2.75) is 32.1 Å². The Balaban J connectivity index is 0.00000117. The Hall–Kier alpha value is -2.33. The molecule has 1 unspecified atom stereocenters. The maximum Gasteiger partial charge on any atom is 0.123 e. The maximum atomic E-state index is 13.6. The van der Waals surface area contributed by atoms with E-state index in [0.29, 0.717) is 6.42 Å². The Morgan fingerprint density at radius 3 is 2.31 bits per heavy atom. The number of nitrogens with one attached hydrogen (secondary N) is 1. The van der Waals surface area contributed by atoms with Crippen molar-refractivity contribution in [1.82, 2.24) is 0 Å². The van der Waals surface area contributed by atoms with Crippen molar-refractivity contribution in [3.63, 3.8) is 0 Å². The highest BCUT2D eigenvalue weighted by atomic mass is 32.2. The highest BCUT2D eigenvalue weighted by molar-refractivity contribution is 7.84. The van der Waals surface area contributed by atoms with Crippen LogP contribution in [0.15, 0.2) is 52.9 Å². The quantitative estimate of drug-likeness (QED) is 0.664. The van der Waals surface area contributed by atoms with Gasteiger partial charge in [-0.1, -0.05) is 32.0 Å². The summed E-state index contributed by atoms with van der Waals surface area (Å²) < 4.78 is 25.1. The molecule has 0 saturated heterocycles. The van der Waals surface area contributed by atoms with E-state index in [4.69, 9.17) is 5.41 Å². The molecule has 0 aliphatic heterocycles. The van der Waals surface area contributed by atoms with Crippen LogP contribution < -0.4 is 0 Å². The molecule has 0 aromatic heterocycles. The van der Waals surface area contributed by atoms with Crippen LogP contribution in [0.5, 0.6) is 0 Å². The second-order valence-corrected chi connectivity index (χ2v) is 7.16. The van der Waals surface area contributed by atoms with E-state index >= 15 is 0 Å². The molecule has 136 valence electrons. The van der Waals surface area contributed by atoms with Crippen molar-refractivity contribution in [2.75, 3.05) is 6.26 Å². The van der Waals surface area contributed by atoms with Crippen LogP contribution in [-0.2, 0) is 10.8 Å². The van der Waals surface area contributed by atoms with Gasteiger partial charge in [-0.25, -0.2) is 4.39 Å². The van der Waals surface area contributed by atoms with Crippen LogP contribution in [-0.4, -0.2) is 16.7 Å². The van der Waals surface area contributed by atoms with Crippen molar-refractivity contribution in [3.05, 3.63) is 70.5 Å². The number of rotatable bonds is 4. The molecule has 2 nitrogen and oxygen atoms in total. The zero-order valence-electron chi connectivity index (χ0n) is 15.6. The van der Waals surface area contributed by atoms with E-state index in [-0.39, 0.29) is 5.82 Å². The summed E-state index contributed by atoms with van der Waals surface area (Å²) in [5.74, 6) is -0.264. The van der Waals surface area contributed by atoms with Crippen molar-refractivity contribution < 1.29 is 8.60 Å². The van der Waals surface area contributed by atoms with Gasteiger partial charge in [0.25, 0.3) is 0 Å². The summed E-state index contributed by atoms with van der Waals surface area (Å²) in [6, 6.07) is 12.4. The number of benzene rings is 2. The van der Waals surface area contributed by atoms with Crippen LogP contribution in [0.25, 0.3) is 17.2 Å². The molecule has 0 amide bonds. The average molecular weight is 370 g/mol. The summed E-state index contributed by atoms with van der Waals surface area (Å²) in [5.41, 5.74) is 5.99. The van der Waals surface area contributed by atoms with Gasteiger partial charge >= 0.3 is 0 Å². The summed E-state index contributed by atoms with van der Waals surface area (Å²) in [4.78, 5) is 0.794. The van der Waals surface area contributed by atoms with E-state index in [0.717, 1.165) is 38.3 Å². The third kappa shape index (κ3) is 4.07. The van der Waals surface area contributed by atoms with Crippen LogP contribution in [0.1, 0.15) is 43.9 Å². The number of hydrogen-bond donors (Lipinski definition) is 1. The molecular weight excluding hydrogens is 345 g/mol. The Morgan fingerprint density at radius 1 is 1.08 bits per heavy atom. The lowest BCUT2D eigenvalue weighted by molar-refractivity contribution is 0.627. The average Bonchev–Trinajstić information content (AvgIpc) is 2.89. The summed E-state index contributed by atoms with van der Waals surface area (Å²) in [7, 11) is -0.992. The number of halogens is 1. The summed E-state index contributed by atoms with van der Waals surface area (Å²) in [5, 5.41) is 7.40. The van der Waals surface area contributed by atoms with Crippen molar-refractivity contribution >= 4 is 34.2 Å². The fourth-order valence-corrected chi connectivity index (χ4v) is 3.56. The highest BCUT2D eigenvalue weighted by Crippen LogP contribution is 2.43. The molecule has 2 aromatic rings. The molecule has 4 heteroatoms. The smallest absolute Gasteiger partial charge is 0.123 e. The van der Waals surface area contributed by atoms with E-state index in [1.807, 2.05) is 45.0 Å². The molecule has 0 heterocycles. The number of fused-ring (bicyclic) bond motifs is 1. The van der Waals surface area contributed by atoms with Crippen LogP contribution in [0.2, 0.25) is 0 Å². The van der Waals surface area contributed by atoms with Crippen molar-refractivity contribution in [3.8, 4) is 0 Å². The molecule has 0 bridgehead atoms. The SMILES string of the molecule is CC.CC1=C(CC=N)c2cc(F)ccc2/C1=C\c1ccc(S(C)=O)cc1. The van der Waals surface area contributed by atoms with Gasteiger partial charge in [-0.15, -0.1) is 0 Å². The molecule has 1 atom stereocenters. The molecule has 0 spiro atoms. The molecule has 1 aliphatic carbocycles. The second-order valence-electron chi connectivity index (χ2n) is 5.78. The normalized spacial score (nSPS) is 15.3. The lowest BCUT2D eigenvalue weighted by Gasteiger charge is -2.05. The largest absolute Gasteiger partial charge is 0.313 e. The minimum absolute atomic E-state index is 0.264. The fraction of sp³-hybridized carbons (Fsp3) is 0.227. The van der Waals surface area contributed by atoms with Crippen molar-refractivity contribution in [1.29, 1.82) is 5.41 Å². The second kappa shape index (κ2) is 8.86. The molecule has 1 N–H and O–H groups in total. The zero-order chi connectivity index (χ0) is 19.3. The van der Waals surface area contributed by atoms with Gasteiger partial charge < -0.3 is 5.41 Å². The van der Waals surface area contributed by atoms with Crippen LogP contribution in [0.4, 0.5) is 4.39 Å². The standard InChI is InChI=1S/C20H18FNOS.C2H6/c1-13-17(9-10-22)20-12-15(21)5-8-18(20)19(13)11-14-3-6-16(7-4-14)24(2)23;1-2/h3-8,10-12,22H,9H2,1-2H3;1-2H3/b19-11-,22-10?;. The molecule has 0 saturated carbocycles. The van der Waals surface area contributed by atoms with E-state index in [1.54, 1.807) is 18.4 Å². The van der Waals surface area contributed by atoms with Gasteiger partial charge in [-0.3, -0.25) is 4.21 Å². The first-order chi connectivity index (χ1) is 12.5. The zero-order valence-corrected chi connectivity index (χ0v) is 16.4. The minimum atomic E-state index is -0.992. The molecule has 1 aliphatic rings. The lowest BCUT2D eigenvalue weighted by atomic mass is 10.0. The van der Waals surface area contributed by atoms with Gasteiger partial charge in [-0.2, -0.15) is 0 Å². The van der Waals surface area contributed by atoms with Gasteiger partial charge in [0.15, 0.2) is 0 Å². The summed E-state index contributed by atoms with van der Waals surface area (Å²) in [6.07, 6.45) is 5.56. The molecule has 26 heavy (non-hydrogen) atoms. The molecule has 0 fully saturated rings. The van der Waals surface area contributed by atoms with Gasteiger partial charge in [0, 0.05) is 28.4 Å². The molecular formula is C22H24FNOS. The van der Waals surface area contributed by atoms with Crippen LogP contribution in [0.3, 0.4) is 0 Å². The van der Waals surface area contributed by atoms with E-state index < -0.39 is 10.8 Å². The van der Waals surface area contributed by atoms with Gasteiger partial charge in [0.2, 0.25) is 0 Å². The van der Waals surface area contributed by atoms with E-state index in [1.165, 1.54) is 12.3 Å². The minimum Gasteiger partial charge on any atom is -0.313 e.